The fourth-order valence-electron chi connectivity index (χ4n) is 2.33. The van der Waals surface area contributed by atoms with Crippen molar-refractivity contribution in [3.8, 4) is 11.5 Å². The van der Waals surface area contributed by atoms with Crippen LogP contribution >= 0.6 is 23.2 Å². The van der Waals surface area contributed by atoms with Crippen LogP contribution in [0.1, 0.15) is 31.4 Å². The molecule has 0 aliphatic rings. The van der Waals surface area contributed by atoms with Crippen LogP contribution in [0.15, 0.2) is 41.5 Å². The van der Waals surface area contributed by atoms with Crippen molar-refractivity contribution in [3.05, 3.63) is 57.6 Å². The molecule has 2 aromatic carbocycles. The van der Waals surface area contributed by atoms with Gasteiger partial charge in [0.2, 0.25) is 0 Å². The lowest BCUT2D eigenvalue weighted by Crippen LogP contribution is -2.41. The lowest BCUT2D eigenvalue weighted by Gasteiger charge is -2.14. The van der Waals surface area contributed by atoms with Crippen molar-refractivity contribution < 1.29 is 19.1 Å². The number of carbonyl (C=O) groups excluding carboxylic acids is 2. The monoisotopic (exact) mass is 451 g/mol. The van der Waals surface area contributed by atoms with Crippen LogP contribution in [0.5, 0.6) is 11.5 Å². The van der Waals surface area contributed by atoms with E-state index in [0.29, 0.717) is 33.5 Å². The van der Waals surface area contributed by atoms with E-state index in [-0.39, 0.29) is 12.6 Å². The molecule has 0 aromatic heterocycles. The van der Waals surface area contributed by atoms with Crippen LogP contribution in [0, 0.1) is 0 Å². The first-order chi connectivity index (χ1) is 14.3. The Balaban J connectivity index is 2.05. The summed E-state index contributed by atoms with van der Waals surface area (Å²) < 4.78 is 11.1. The molecule has 0 fully saturated rings. The van der Waals surface area contributed by atoms with Crippen molar-refractivity contribution in [2.75, 3.05) is 7.11 Å². The molecule has 0 aliphatic carbocycles. The summed E-state index contributed by atoms with van der Waals surface area (Å²) in [6, 6.07) is 10.5. The summed E-state index contributed by atoms with van der Waals surface area (Å²) in [7, 11) is 1.48. The van der Waals surface area contributed by atoms with Gasteiger partial charge in [0.25, 0.3) is 0 Å². The van der Waals surface area contributed by atoms with Crippen LogP contribution in [-0.2, 0) is 16.2 Å². The van der Waals surface area contributed by atoms with Crippen molar-refractivity contribution in [1.29, 1.82) is 0 Å². The maximum atomic E-state index is 11.8. The summed E-state index contributed by atoms with van der Waals surface area (Å²) in [5.74, 6) is -0.866. The molecule has 2 aromatic rings. The fraction of sp³-hybridized carbons (Fsp3) is 0.286. The lowest BCUT2D eigenvalue weighted by molar-refractivity contribution is -0.139. The Morgan fingerprint density at radius 2 is 1.90 bits per heavy atom. The van der Waals surface area contributed by atoms with Gasteiger partial charge < -0.3 is 14.8 Å². The molecule has 9 heteroatoms. The molecule has 0 radical (unpaired) electrons. The van der Waals surface area contributed by atoms with Crippen LogP contribution in [0.4, 0.5) is 0 Å². The predicted octanol–water partition coefficient (Wildman–Crippen LogP) is 3.95. The fourth-order valence-corrected chi connectivity index (χ4v) is 2.79. The van der Waals surface area contributed by atoms with Gasteiger partial charge in [-0.25, -0.2) is 5.43 Å². The molecule has 2 amide bonds. The first-order valence-electron chi connectivity index (χ1n) is 9.23. The molecule has 1 atom stereocenters. The van der Waals surface area contributed by atoms with E-state index in [1.54, 1.807) is 25.1 Å². The molecule has 0 heterocycles. The Morgan fingerprint density at radius 1 is 1.17 bits per heavy atom. The second-order valence-electron chi connectivity index (χ2n) is 6.40. The number of nitrogens with one attached hydrogen (secondary N) is 2. The Hall–Kier alpha value is -2.77. The smallest absolute Gasteiger partial charge is 0.329 e. The second-order valence-corrected chi connectivity index (χ2v) is 7.21. The number of ether oxygens (including phenoxy) is 2. The van der Waals surface area contributed by atoms with Gasteiger partial charge in [0, 0.05) is 16.6 Å². The molecule has 2 N–H and O–H groups in total. The second kappa shape index (κ2) is 11.4. The standard InChI is InChI=1S/C21H23Cl2N3O4/c1-4-13(2)25-20(27)21(28)26-24-11-14-9-17(23)19(18(10-14)29-3)30-12-15-7-5-6-8-16(15)22/h5-11,13H,4,12H2,1-3H3,(H,25,27)(H,26,28)/b24-11-/t13-/m1/s1. The average Bonchev–Trinajstić information content (AvgIpc) is 2.73. The Bertz CT molecular complexity index is 934. The molecule has 0 bridgehead atoms. The largest absolute Gasteiger partial charge is 0.493 e. The number of methoxy groups -OCH3 is 1. The van der Waals surface area contributed by atoms with Gasteiger partial charge in [-0.15, -0.1) is 0 Å². The molecule has 7 nitrogen and oxygen atoms in total. The van der Waals surface area contributed by atoms with Gasteiger partial charge in [-0.2, -0.15) is 5.10 Å². The van der Waals surface area contributed by atoms with Crippen molar-refractivity contribution in [2.24, 2.45) is 5.10 Å². The highest BCUT2D eigenvalue weighted by Crippen LogP contribution is 2.37. The zero-order chi connectivity index (χ0) is 22.1. The SMILES string of the molecule is CC[C@@H](C)NC(=O)C(=O)N/N=C\c1cc(Cl)c(OCc2ccccc2Cl)c(OC)c1. The van der Waals surface area contributed by atoms with Crippen LogP contribution in [0.3, 0.4) is 0 Å². The molecule has 160 valence electrons. The predicted molar refractivity (Wildman–Crippen MR) is 117 cm³/mol. The van der Waals surface area contributed by atoms with Gasteiger partial charge >= 0.3 is 11.8 Å². The summed E-state index contributed by atoms with van der Waals surface area (Å²) in [5, 5.41) is 7.22. The minimum absolute atomic E-state index is 0.103. The van der Waals surface area contributed by atoms with Crippen molar-refractivity contribution in [1.82, 2.24) is 10.7 Å². The van der Waals surface area contributed by atoms with E-state index >= 15 is 0 Å². The first-order valence-corrected chi connectivity index (χ1v) is 9.98. The molecule has 30 heavy (non-hydrogen) atoms. The van der Waals surface area contributed by atoms with E-state index < -0.39 is 11.8 Å². The highest BCUT2D eigenvalue weighted by atomic mass is 35.5. The third kappa shape index (κ3) is 6.64. The van der Waals surface area contributed by atoms with E-state index in [1.807, 2.05) is 25.1 Å². The number of hydrogen-bond acceptors (Lipinski definition) is 5. The number of rotatable bonds is 8. The maximum absolute atomic E-state index is 11.8. The Kier molecular flexibility index (Phi) is 8.95. The summed E-state index contributed by atoms with van der Waals surface area (Å²) in [4.78, 5) is 23.5. The number of benzene rings is 2. The Labute approximate surface area is 185 Å². The highest BCUT2D eigenvalue weighted by molar-refractivity contribution is 6.35. The summed E-state index contributed by atoms with van der Waals surface area (Å²) in [6.45, 7) is 3.92. The normalized spacial score (nSPS) is 11.8. The molecular weight excluding hydrogens is 429 g/mol. The zero-order valence-electron chi connectivity index (χ0n) is 16.9. The molecule has 0 aliphatic heterocycles. The van der Waals surface area contributed by atoms with Crippen LogP contribution in [0.25, 0.3) is 0 Å². The summed E-state index contributed by atoms with van der Waals surface area (Å²) >= 11 is 12.5. The summed E-state index contributed by atoms with van der Waals surface area (Å²) in [5.41, 5.74) is 3.53. The van der Waals surface area contributed by atoms with Crippen LogP contribution in [-0.4, -0.2) is 31.2 Å². The first kappa shape index (κ1) is 23.5. The summed E-state index contributed by atoms with van der Waals surface area (Å²) in [6.07, 6.45) is 2.06. The van der Waals surface area contributed by atoms with E-state index in [1.165, 1.54) is 13.3 Å². The van der Waals surface area contributed by atoms with Gasteiger partial charge in [0.15, 0.2) is 11.5 Å². The minimum Gasteiger partial charge on any atom is -0.493 e. The zero-order valence-corrected chi connectivity index (χ0v) is 18.4. The third-order valence-corrected chi connectivity index (χ3v) is 4.81. The van der Waals surface area contributed by atoms with Gasteiger partial charge in [-0.3, -0.25) is 9.59 Å². The van der Waals surface area contributed by atoms with Crippen molar-refractivity contribution >= 4 is 41.2 Å². The number of hydrogen-bond donors (Lipinski definition) is 2. The number of hydrazone groups is 1. The van der Waals surface area contributed by atoms with E-state index in [9.17, 15) is 9.59 Å². The van der Waals surface area contributed by atoms with E-state index in [4.69, 9.17) is 32.7 Å². The van der Waals surface area contributed by atoms with E-state index in [0.717, 1.165) is 5.56 Å². The number of carbonyl (C=O) groups is 2. The number of nitrogens with zero attached hydrogens (tertiary/aromatic N) is 1. The number of amides is 2. The quantitative estimate of drug-likeness (QED) is 0.361. The molecule has 0 saturated heterocycles. The van der Waals surface area contributed by atoms with Crippen molar-refractivity contribution in [2.45, 2.75) is 32.9 Å². The van der Waals surface area contributed by atoms with Crippen LogP contribution in [0.2, 0.25) is 10.0 Å². The Morgan fingerprint density at radius 3 is 2.57 bits per heavy atom. The van der Waals surface area contributed by atoms with Gasteiger partial charge in [-0.1, -0.05) is 48.3 Å². The van der Waals surface area contributed by atoms with Gasteiger partial charge in [0.05, 0.1) is 18.3 Å². The number of halogens is 2. The van der Waals surface area contributed by atoms with E-state index in [2.05, 4.69) is 15.8 Å². The lowest BCUT2D eigenvalue weighted by atomic mass is 10.2. The highest BCUT2D eigenvalue weighted by Gasteiger charge is 2.15. The topological polar surface area (TPSA) is 89.0 Å². The molecule has 0 unspecified atom stereocenters. The van der Waals surface area contributed by atoms with Crippen LogP contribution < -0.4 is 20.2 Å². The average molecular weight is 452 g/mol. The maximum Gasteiger partial charge on any atom is 0.329 e. The molecule has 2 rings (SSSR count). The molecular formula is C21H23Cl2N3O4. The third-order valence-electron chi connectivity index (χ3n) is 4.16. The van der Waals surface area contributed by atoms with Crippen molar-refractivity contribution in [3.63, 3.8) is 0 Å². The molecule has 0 saturated carbocycles. The molecule has 0 spiro atoms. The minimum atomic E-state index is -0.857. The van der Waals surface area contributed by atoms with Gasteiger partial charge in [-0.05, 0) is 37.1 Å². The van der Waals surface area contributed by atoms with Gasteiger partial charge in [0.1, 0.15) is 6.61 Å².